The first-order valence-corrected chi connectivity index (χ1v) is 9.17. The van der Waals surface area contributed by atoms with Crippen LogP contribution in [0.4, 0.5) is 5.69 Å². The Hall–Kier alpha value is -2.02. The summed E-state index contributed by atoms with van der Waals surface area (Å²) in [6, 6.07) is 4.71. The Balaban J connectivity index is 2.31. The Labute approximate surface area is 151 Å². The molecular weight excluding hydrogens is 342 g/mol. The monoisotopic (exact) mass is 365 g/mol. The summed E-state index contributed by atoms with van der Waals surface area (Å²) in [5, 5.41) is -0.0341. The zero-order chi connectivity index (χ0) is 18.6. The van der Waals surface area contributed by atoms with Gasteiger partial charge in [0.25, 0.3) is 0 Å². The van der Waals surface area contributed by atoms with Crippen LogP contribution in [0.3, 0.4) is 0 Å². The van der Waals surface area contributed by atoms with Crippen LogP contribution in [0.1, 0.15) is 26.3 Å². The summed E-state index contributed by atoms with van der Waals surface area (Å²) in [6.07, 6.45) is 0.393. The maximum Gasteiger partial charge on any atom is 0.329 e. The molecule has 6 nitrogen and oxygen atoms in total. The molecule has 7 heteroatoms. The molecule has 0 bridgehead atoms. The third-order valence-corrected chi connectivity index (χ3v) is 5.10. The van der Waals surface area contributed by atoms with E-state index in [0.29, 0.717) is 23.6 Å². The molecule has 2 atom stereocenters. The number of fused-ring (bicyclic) bond motifs is 1. The van der Waals surface area contributed by atoms with Crippen molar-refractivity contribution in [3.8, 4) is 5.75 Å². The van der Waals surface area contributed by atoms with Crippen LogP contribution in [0.25, 0.3) is 0 Å². The number of thioether (sulfide) groups is 1. The summed E-state index contributed by atoms with van der Waals surface area (Å²) >= 11 is 1.11. The van der Waals surface area contributed by atoms with Crippen molar-refractivity contribution in [1.29, 1.82) is 0 Å². The van der Waals surface area contributed by atoms with E-state index in [1.807, 2.05) is 6.07 Å². The zero-order valence-corrected chi connectivity index (χ0v) is 15.7. The SMILES string of the molecule is CCOC(=O)C1Cc2cc(OC)ccc2N1C(=O)C(C)CSC(C)=O. The Bertz CT molecular complexity index is 675. The summed E-state index contributed by atoms with van der Waals surface area (Å²) in [5.74, 6) is 0.0639. The van der Waals surface area contributed by atoms with Crippen molar-refractivity contribution in [2.45, 2.75) is 33.2 Å². The fourth-order valence-electron chi connectivity index (χ4n) is 2.81. The topological polar surface area (TPSA) is 72.9 Å². The Kier molecular flexibility index (Phi) is 6.47. The predicted octanol–water partition coefficient (Wildman–Crippen LogP) is 2.43. The van der Waals surface area contributed by atoms with Crippen LogP contribution in [0, 0.1) is 5.92 Å². The highest BCUT2D eigenvalue weighted by Gasteiger charge is 2.40. The van der Waals surface area contributed by atoms with Gasteiger partial charge in [-0.2, -0.15) is 0 Å². The molecule has 1 heterocycles. The number of ether oxygens (including phenoxy) is 2. The number of hydrogen-bond donors (Lipinski definition) is 0. The number of carbonyl (C=O) groups is 3. The molecule has 1 aliphatic heterocycles. The smallest absolute Gasteiger partial charge is 0.329 e. The molecule has 1 aromatic rings. The van der Waals surface area contributed by atoms with Gasteiger partial charge in [-0.25, -0.2) is 4.79 Å². The van der Waals surface area contributed by atoms with Gasteiger partial charge in [-0.15, -0.1) is 0 Å². The molecule has 25 heavy (non-hydrogen) atoms. The fraction of sp³-hybridized carbons (Fsp3) is 0.500. The van der Waals surface area contributed by atoms with Crippen molar-refractivity contribution >= 4 is 34.4 Å². The summed E-state index contributed by atoms with van der Waals surface area (Å²) in [7, 11) is 1.57. The van der Waals surface area contributed by atoms with Gasteiger partial charge in [0.15, 0.2) is 5.12 Å². The van der Waals surface area contributed by atoms with Gasteiger partial charge >= 0.3 is 5.97 Å². The number of benzene rings is 1. The highest BCUT2D eigenvalue weighted by atomic mass is 32.2. The highest BCUT2D eigenvalue weighted by molar-refractivity contribution is 8.13. The molecule has 2 unspecified atom stereocenters. The van der Waals surface area contributed by atoms with Gasteiger partial charge in [-0.05, 0) is 30.7 Å². The van der Waals surface area contributed by atoms with Gasteiger partial charge < -0.3 is 9.47 Å². The summed E-state index contributed by atoms with van der Waals surface area (Å²) in [4.78, 5) is 38.0. The molecule has 1 aromatic carbocycles. The lowest BCUT2D eigenvalue weighted by atomic mass is 10.1. The van der Waals surface area contributed by atoms with E-state index in [0.717, 1.165) is 17.3 Å². The van der Waals surface area contributed by atoms with E-state index in [1.54, 1.807) is 33.1 Å². The fourth-order valence-corrected chi connectivity index (χ4v) is 3.43. The maximum absolute atomic E-state index is 13.0. The molecule has 0 N–H and O–H groups in total. The van der Waals surface area contributed by atoms with Gasteiger partial charge in [0.05, 0.1) is 13.7 Å². The van der Waals surface area contributed by atoms with Gasteiger partial charge in [-0.3, -0.25) is 14.5 Å². The number of esters is 1. The van der Waals surface area contributed by atoms with Crippen molar-refractivity contribution in [1.82, 2.24) is 0 Å². The third kappa shape index (κ3) is 4.34. The average Bonchev–Trinajstić information content (AvgIpc) is 2.97. The minimum absolute atomic E-state index is 0.0341. The van der Waals surface area contributed by atoms with E-state index < -0.39 is 12.0 Å². The second kappa shape index (κ2) is 8.38. The molecular formula is C18H23NO5S. The van der Waals surface area contributed by atoms with Crippen molar-refractivity contribution in [3.05, 3.63) is 23.8 Å². The van der Waals surface area contributed by atoms with Crippen molar-refractivity contribution in [2.75, 3.05) is 24.4 Å². The molecule has 0 aromatic heterocycles. The first kappa shape index (κ1) is 19.3. The largest absolute Gasteiger partial charge is 0.497 e. The number of nitrogens with zero attached hydrogens (tertiary/aromatic N) is 1. The first-order chi connectivity index (χ1) is 11.9. The van der Waals surface area contributed by atoms with Crippen LogP contribution in [0.15, 0.2) is 18.2 Å². The molecule has 0 aliphatic carbocycles. The number of rotatable bonds is 6. The quantitative estimate of drug-likeness (QED) is 0.721. The second-order valence-corrected chi connectivity index (χ2v) is 7.08. The first-order valence-electron chi connectivity index (χ1n) is 8.19. The van der Waals surface area contributed by atoms with Crippen LogP contribution in [-0.4, -0.2) is 42.5 Å². The molecule has 0 saturated heterocycles. The van der Waals surface area contributed by atoms with Crippen molar-refractivity contribution in [2.24, 2.45) is 5.92 Å². The summed E-state index contributed by atoms with van der Waals surface area (Å²) in [6.45, 7) is 5.23. The molecule has 0 radical (unpaired) electrons. The van der Waals surface area contributed by atoms with Crippen molar-refractivity contribution < 1.29 is 23.9 Å². The second-order valence-electron chi connectivity index (χ2n) is 5.88. The van der Waals surface area contributed by atoms with E-state index >= 15 is 0 Å². The minimum Gasteiger partial charge on any atom is -0.497 e. The average molecular weight is 365 g/mol. The zero-order valence-electron chi connectivity index (χ0n) is 14.9. The van der Waals surface area contributed by atoms with Gasteiger partial charge in [-0.1, -0.05) is 18.7 Å². The number of amides is 1. The highest BCUT2D eigenvalue weighted by Crippen LogP contribution is 2.36. The minimum atomic E-state index is -0.681. The van der Waals surface area contributed by atoms with Crippen molar-refractivity contribution in [3.63, 3.8) is 0 Å². The third-order valence-electron chi connectivity index (χ3n) is 4.03. The number of methoxy groups -OCH3 is 1. The van der Waals surface area contributed by atoms with E-state index in [1.165, 1.54) is 11.8 Å². The molecule has 2 rings (SSSR count). The normalized spacial score (nSPS) is 17.0. The standard InChI is InChI=1S/C18H23NO5S/c1-5-24-18(22)16-9-13-8-14(23-4)6-7-15(13)19(16)17(21)11(2)10-25-12(3)20/h6-8,11,16H,5,9-10H2,1-4H3. The Morgan fingerprint density at radius 3 is 2.68 bits per heavy atom. The summed E-state index contributed by atoms with van der Waals surface area (Å²) < 4.78 is 10.4. The maximum atomic E-state index is 13.0. The van der Waals surface area contributed by atoms with Crippen LogP contribution in [0.2, 0.25) is 0 Å². The van der Waals surface area contributed by atoms with E-state index in [-0.39, 0.29) is 23.5 Å². The van der Waals surface area contributed by atoms with E-state index in [9.17, 15) is 14.4 Å². The molecule has 1 amide bonds. The lowest BCUT2D eigenvalue weighted by Gasteiger charge is -2.26. The lowest BCUT2D eigenvalue weighted by molar-refractivity contribution is -0.145. The van der Waals surface area contributed by atoms with Gasteiger partial charge in [0.2, 0.25) is 5.91 Å². The predicted molar refractivity (Wildman–Crippen MR) is 96.9 cm³/mol. The number of hydrogen-bond acceptors (Lipinski definition) is 6. The molecule has 136 valence electrons. The summed E-state index contributed by atoms with van der Waals surface area (Å²) in [5.41, 5.74) is 1.57. The number of anilines is 1. The molecule has 0 fully saturated rings. The lowest BCUT2D eigenvalue weighted by Crippen LogP contribution is -2.46. The van der Waals surface area contributed by atoms with Crippen LogP contribution in [-0.2, 0) is 25.5 Å². The van der Waals surface area contributed by atoms with Gasteiger partial charge in [0.1, 0.15) is 11.8 Å². The van der Waals surface area contributed by atoms with E-state index in [2.05, 4.69) is 0 Å². The Morgan fingerprint density at radius 2 is 2.08 bits per heavy atom. The van der Waals surface area contributed by atoms with Crippen LogP contribution >= 0.6 is 11.8 Å². The molecule has 1 aliphatic rings. The Morgan fingerprint density at radius 1 is 1.36 bits per heavy atom. The van der Waals surface area contributed by atoms with Crippen LogP contribution < -0.4 is 9.64 Å². The molecule has 0 saturated carbocycles. The van der Waals surface area contributed by atoms with Crippen LogP contribution in [0.5, 0.6) is 5.75 Å². The number of carbonyl (C=O) groups excluding carboxylic acids is 3. The molecule has 0 spiro atoms. The van der Waals surface area contributed by atoms with E-state index in [4.69, 9.17) is 9.47 Å². The van der Waals surface area contributed by atoms with Gasteiger partial charge in [0, 0.05) is 30.7 Å².